The van der Waals surface area contributed by atoms with E-state index < -0.39 is 6.04 Å². The third kappa shape index (κ3) is 7.64. The third-order valence-corrected chi connectivity index (χ3v) is 8.21. The zero-order valence-corrected chi connectivity index (χ0v) is 23.7. The Balaban J connectivity index is 1.20. The van der Waals surface area contributed by atoms with E-state index in [4.69, 9.17) is 11.6 Å². The number of nitrogens with zero attached hydrogens (tertiary/aromatic N) is 4. The molecule has 1 aliphatic carbocycles. The quantitative estimate of drug-likeness (QED) is 0.403. The lowest BCUT2D eigenvalue weighted by atomic mass is 9.95. The van der Waals surface area contributed by atoms with E-state index in [-0.39, 0.29) is 18.0 Å². The lowest BCUT2D eigenvalue weighted by Crippen LogP contribution is -2.63. The fourth-order valence-electron chi connectivity index (χ4n) is 5.71. The number of carbonyl (C=O) groups excluding carboxylic acids is 2. The zero-order valence-electron chi connectivity index (χ0n) is 23.0. The topological polar surface area (TPSA) is 82.5 Å². The van der Waals surface area contributed by atoms with Gasteiger partial charge in [-0.15, -0.1) is 0 Å². The monoisotopic (exact) mass is 562 g/mol. The van der Waals surface area contributed by atoms with Crippen LogP contribution in [0.5, 0.6) is 0 Å². The first kappa shape index (κ1) is 28.2. The Hall–Kier alpha value is -3.36. The fraction of sp³-hybridized carbons (Fsp3) is 0.452. The van der Waals surface area contributed by atoms with Crippen LogP contribution in [0.4, 0.5) is 4.79 Å². The highest BCUT2D eigenvalue weighted by molar-refractivity contribution is 6.30. The van der Waals surface area contributed by atoms with Crippen molar-refractivity contribution in [3.8, 4) is 0 Å². The van der Waals surface area contributed by atoms with Crippen molar-refractivity contribution < 1.29 is 9.59 Å². The summed E-state index contributed by atoms with van der Waals surface area (Å²) in [4.78, 5) is 35.2. The number of rotatable bonds is 9. The fourth-order valence-corrected chi connectivity index (χ4v) is 5.84. The lowest BCUT2D eigenvalue weighted by molar-refractivity contribution is -0.127. The third-order valence-electron chi connectivity index (χ3n) is 7.95. The van der Waals surface area contributed by atoms with E-state index in [9.17, 15) is 9.59 Å². The molecule has 0 bridgehead atoms. The first-order chi connectivity index (χ1) is 19.5. The molecular formula is C31H39ClN6O2. The molecule has 1 unspecified atom stereocenters. The predicted molar refractivity (Wildman–Crippen MR) is 157 cm³/mol. The van der Waals surface area contributed by atoms with Gasteiger partial charge in [-0.1, -0.05) is 73.3 Å². The SMILES string of the molecule is O=C(NCCc1cncn1Cc1ccc(Cl)cc1)C1CN(Cc2ccccc2)CCN1C(=O)NC1CCCCC1. The van der Waals surface area contributed by atoms with Crippen LogP contribution in [-0.4, -0.2) is 69.6 Å². The van der Waals surface area contributed by atoms with E-state index in [1.807, 2.05) is 55.0 Å². The molecular weight excluding hydrogens is 524 g/mol. The van der Waals surface area contributed by atoms with Crippen LogP contribution in [0.25, 0.3) is 0 Å². The van der Waals surface area contributed by atoms with Crippen LogP contribution >= 0.6 is 11.6 Å². The Morgan fingerprint density at radius 3 is 2.45 bits per heavy atom. The first-order valence-electron chi connectivity index (χ1n) is 14.4. The number of benzene rings is 2. The summed E-state index contributed by atoms with van der Waals surface area (Å²) in [6, 6.07) is 17.6. The number of imidazole rings is 1. The molecule has 2 fully saturated rings. The van der Waals surface area contributed by atoms with E-state index in [0.717, 1.165) is 50.0 Å². The normalized spacial score (nSPS) is 18.4. The van der Waals surface area contributed by atoms with Crippen molar-refractivity contribution in [2.45, 2.75) is 63.7 Å². The second-order valence-corrected chi connectivity index (χ2v) is 11.3. The molecule has 2 heterocycles. The minimum atomic E-state index is -0.542. The molecule has 1 saturated heterocycles. The van der Waals surface area contributed by atoms with Crippen LogP contribution in [0.2, 0.25) is 5.02 Å². The predicted octanol–water partition coefficient (Wildman–Crippen LogP) is 4.47. The van der Waals surface area contributed by atoms with E-state index in [1.165, 1.54) is 12.0 Å². The van der Waals surface area contributed by atoms with Crippen molar-refractivity contribution in [2.24, 2.45) is 0 Å². The number of carbonyl (C=O) groups is 2. The van der Waals surface area contributed by atoms with Crippen LogP contribution in [0.3, 0.4) is 0 Å². The molecule has 9 heteroatoms. The smallest absolute Gasteiger partial charge is 0.318 e. The molecule has 1 saturated carbocycles. The maximum absolute atomic E-state index is 13.5. The van der Waals surface area contributed by atoms with E-state index in [1.54, 1.807) is 4.90 Å². The largest absolute Gasteiger partial charge is 0.354 e. The molecule has 0 spiro atoms. The average Bonchev–Trinajstić information content (AvgIpc) is 3.41. The number of amides is 3. The van der Waals surface area contributed by atoms with Crippen molar-refractivity contribution >= 4 is 23.5 Å². The minimum Gasteiger partial charge on any atom is -0.354 e. The van der Waals surface area contributed by atoms with E-state index >= 15 is 0 Å². The van der Waals surface area contributed by atoms with Crippen LogP contribution in [0, 0.1) is 0 Å². The molecule has 0 radical (unpaired) electrons. The Morgan fingerprint density at radius 1 is 0.925 bits per heavy atom. The van der Waals surface area contributed by atoms with Crippen molar-refractivity contribution in [3.05, 3.63) is 89.0 Å². The molecule has 2 N–H and O–H groups in total. The van der Waals surface area contributed by atoms with Gasteiger partial charge in [-0.3, -0.25) is 9.69 Å². The van der Waals surface area contributed by atoms with Gasteiger partial charge in [0.1, 0.15) is 6.04 Å². The number of nitrogens with one attached hydrogen (secondary N) is 2. The molecule has 1 aliphatic heterocycles. The summed E-state index contributed by atoms with van der Waals surface area (Å²) < 4.78 is 2.08. The van der Waals surface area contributed by atoms with Gasteiger partial charge in [0.05, 0.1) is 6.33 Å². The summed E-state index contributed by atoms with van der Waals surface area (Å²) in [5.41, 5.74) is 3.38. The van der Waals surface area contributed by atoms with Crippen LogP contribution < -0.4 is 10.6 Å². The number of hydrogen-bond acceptors (Lipinski definition) is 4. The minimum absolute atomic E-state index is 0.111. The molecule has 212 valence electrons. The summed E-state index contributed by atoms with van der Waals surface area (Å²) in [5.74, 6) is -0.111. The Bertz CT molecular complexity index is 1240. The van der Waals surface area contributed by atoms with Gasteiger partial charge < -0.3 is 20.1 Å². The van der Waals surface area contributed by atoms with E-state index in [2.05, 4.69) is 37.2 Å². The molecule has 1 aromatic heterocycles. The van der Waals surface area contributed by atoms with Gasteiger partial charge in [-0.05, 0) is 36.1 Å². The van der Waals surface area contributed by atoms with Crippen LogP contribution in [0.15, 0.2) is 67.1 Å². The standard InChI is InChI=1S/C31H39ClN6O2/c32-26-13-11-25(12-14-26)21-37-23-33-19-28(37)15-16-34-30(39)29-22-36(20-24-7-3-1-4-8-24)17-18-38(29)31(40)35-27-9-5-2-6-10-27/h1,3-4,7-8,11-14,19,23,27,29H,2,5-6,9-10,15-18,20-22H2,(H,34,39)(H,35,40). The molecule has 2 aromatic carbocycles. The number of hydrogen-bond donors (Lipinski definition) is 2. The van der Waals surface area contributed by atoms with Crippen molar-refractivity contribution in [2.75, 3.05) is 26.2 Å². The Labute approximate surface area is 241 Å². The summed E-state index contributed by atoms with van der Waals surface area (Å²) in [6.07, 6.45) is 9.85. The van der Waals surface area contributed by atoms with Crippen LogP contribution in [0.1, 0.15) is 48.9 Å². The molecule has 8 nitrogen and oxygen atoms in total. The van der Waals surface area contributed by atoms with Gasteiger partial charge in [0.2, 0.25) is 5.91 Å². The van der Waals surface area contributed by atoms with Gasteiger partial charge >= 0.3 is 6.03 Å². The van der Waals surface area contributed by atoms with Gasteiger partial charge in [0.15, 0.2) is 0 Å². The Kier molecular flexibility index (Phi) is 9.73. The van der Waals surface area contributed by atoms with Gasteiger partial charge in [-0.25, -0.2) is 9.78 Å². The van der Waals surface area contributed by atoms with Crippen molar-refractivity contribution in [1.82, 2.24) is 30.0 Å². The summed E-state index contributed by atoms with van der Waals surface area (Å²) in [7, 11) is 0. The Morgan fingerprint density at radius 2 is 1.68 bits per heavy atom. The summed E-state index contributed by atoms with van der Waals surface area (Å²) in [5, 5.41) is 7.05. The average molecular weight is 563 g/mol. The molecule has 1 atom stereocenters. The lowest BCUT2D eigenvalue weighted by Gasteiger charge is -2.41. The van der Waals surface area contributed by atoms with Crippen molar-refractivity contribution in [1.29, 1.82) is 0 Å². The van der Waals surface area contributed by atoms with Crippen LogP contribution in [-0.2, 0) is 24.3 Å². The second-order valence-electron chi connectivity index (χ2n) is 10.9. The van der Waals surface area contributed by atoms with Gasteiger partial charge in [0, 0.05) is 68.6 Å². The molecule has 5 rings (SSSR count). The molecule has 3 aromatic rings. The number of aromatic nitrogens is 2. The van der Waals surface area contributed by atoms with Crippen molar-refractivity contribution in [3.63, 3.8) is 0 Å². The second kappa shape index (κ2) is 13.8. The maximum Gasteiger partial charge on any atom is 0.318 e. The number of urea groups is 1. The van der Waals surface area contributed by atoms with Gasteiger partial charge in [0.25, 0.3) is 0 Å². The molecule has 40 heavy (non-hydrogen) atoms. The number of halogens is 1. The maximum atomic E-state index is 13.5. The highest BCUT2D eigenvalue weighted by Gasteiger charge is 2.36. The zero-order chi connectivity index (χ0) is 27.7. The molecule has 3 amide bonds. The summed E-state index contributed by atoms with van der Waals surface area (Å²) >= 11 is 6.02. The van der Waals surface area contributed by atoms with Gasteiger partial charge in [-0.2, -0.15) is 0 Å². The summed E-state index contributed by atoms with van der Waals surface area (Å²) in [6.45, 7) is 3.68. The molecule has 2 aliphatic rings. The van der Waals surface area contributed by atoms with E-state index in [0.29, 0.717) is 37.6 Å². The highest BCUT2D eigenvalue weighted by atomic mass is 35.5. The first-order valence-corrected chi connectivity index (χ1v) is 14.8. The number of piperazine rings is 1. The highest BCUT2D eigenvalue weighted by Crippen LogP contribution is 2.19.